The molecule has 5 heteroatoms. The van der Waals surface area contributed by atoms with Crippen LogP contribution in [-0.2, 0) is 4.79 Å². The van der Waals surface area contributed by atoms with Crippen molar-refractivity contribution in [2.24, 2.45) is 0 Å². The second kappa shape index (κ2) is 5.53. The Hall–Kier alpha value is -2.04. The topological polar surface area (TPSA) is 64.6 Å². The van der Waals surface area contributed by atoms with Crippen molar-refractivity contribution >= 4 is 12.2 Å². The van der Waals surface area contributed by atoms with Crippen LogP contribution in [0.2, 0.25) is 0 Å². The number of nitrogens with one attached hydrogen (secondary N) is 1. The van der Waals surface area contributed by atoms with Crippen LogP contribution in [-0.4, -0.2) is 32.0 Å². The van der Waals surface area contributed by atoms with Gasteiger partial charge in [0.1, 0.15) is 6.29 Å². The van der Waals surface area contributed by atoms with E-state index in [1.807, 2.05) is 0 Å². The molecule has 18 heavy (non-hydrogen) atoms. The van der Waals surface area contributed by atoms with Crippen LogP contribution in [0.3, 0.4) is 0 Å². The lowest BCUT2D eigenvalue weighted by Crippen LogP contribution is -2.30. The number of hydrogen-bond donors (Lipinski definition) is 1. The maximum atomic E-state index is 11.5. The quantitative estimate of drug-likeness (QED) is 0.768. The summed E-state index contributed by atoms with van der Waals surface area (Å²) in [4.78, 5) is 22.1. The van der Waals surface area contributed by atoms with E-state index in [0.29, 0.717) is 23.1 Å². The SMILES string of the molecule is COc1cc(C=O)ccc1OCC(=O)NC1CC1. The highest BCUT2D eigenvalue weighted by atomic mass is 16.5. The van der Waals surface area contributed by atoms with Crippen molar-refractivity contribution in [3.8, 4) is 11.5 Å². The lowest BCUT2D eigenvalue weighted by molar-refractivity contribution is -0.123. The molecule has 1 aromatic carbocycles. The smallest absolute Gasteiger partial charge is 0.258 e. The van der Waals surface area contributed by atoms with E-state index in [-0.39, 0.29) is 12.5 Å². The maximum Gasteiger partial charge on any atom is 0.258 e. The zero-order valence-electron chi connectivity index (χ0n) is 10.1. The van der Waals surface area contributed by atoms with Crippen LogP contribution in [0.5, 0.6) is 11.5 Å². The molecule has 96 valence electrons. The standard InChI is InChI=1S/C13H15NO4/c1-17-12-6-9(7-15)2-5-11(12)18-8-13(16)14-10-3-4-10/h2,5-7,10H,3-4,8H2,1H3,(H,14,16). The van der Waals surface area contributed by atoms with Crippen LogP contribution in [0.4, 0.5) is 0 Å². The van der Waals surface area contributed by atoms with Gasteiger partial charge >= 0.3 is 0 Å². The molecule has 0 spiro atoms. The fourth-order valence-electron chi connectivity index (χ4n) is 1.52. The molecule has 0 unspecified atom stereocenters. The molecule has 0 radical (unpaired) electrons. The minimum Gasteiger partial charge on any atom is -0.493 e. The summed E-state index contributed by atoms with van der Waals surface area (Å²) >= 11 is 0. The molecule has 1 saturated carbocycles. The molecule has 0 atom stereocenters. The predicted molar refractivity (Wildman–Crippen MR) is 65.0 cm³/mol. The van der Waals surface area contributed by atoms with Crippen molar-refractivity contribution in [3.63, 3.8) is 0 Å². The van der Waals surface area contributed by atoms with Crippen LogP contribution in [0, 0.1) is 0 Å². The van der Waals surface area contributed by atoms with Crippen molar-refractivity contribution in [1.29, 1.82) is 0 Å². The van der Waals surface area contributed by atoms with E-state index in [1.165, 1.54) is 7.11 Å². The number of aldehydes is 1. The Balaban J connectivity index is 1.94. The number of benzene rings is 1. The van der Waals surface area contributed by atoms with Crippen LogP contribution in [0.1, 0.15) is 23.2 Å². The Bertz CT molecular complexity index is 454. The lowest BCUT2D eigenvalue weighted by Gasteiger charge is -2.10. The van der Waals surface area contributed by atoms with E-state index in [2.05, 4.69) is 5.32 Å². The molecule has 0 heterocycles. The van der Waals surface area contributed by atoms with E-state index >= 15 is 0 Å². The average Bonchev–Trinajstić information content (AvgIpc) is 3.20. The molecular weight excluding hydrogens is 234 g/mol. The molecule has 1 aliphatic rings. The third-order valence-corrected chi connectivity index (χ3v) is 2.62. The first kappa shape index (κ1) is 12.4. The van der Waals surface area contributed by atoms with Gasteiger partial charge in [-0.25, -0.2) is 0 Å². The highest BCUT2D eigenvalue weighted by Gasteiger charge is 2.23. The van der Waals surface area contributed by atoms with Crippen LogP contribution in [0.25, 0.3) is 0 Å². The summed E-state index contributed by atoms with van der Waals surface area (Å²) in [5.74, 6) is 0.756. The minimum atomic E-state index is -0.140. The second-order valence-electron chi connectivity index (χ2n) is 4.16. The first-order chi connectivity index (χ1) is 8.72. The van der Waals surface area contributed by atoms with Gasteiger partial charge in [-0.2, -0.15) is 0 Å². The molecular formula is C13H15NO4. The number of carbonyl (C=O) groups excluding carboxylic acids is 2. The maximum absolute atomic E-state index is 11.5. The predicted octanol–water partition coefficient (Wildman–Crippen LogP) is 1.17. The van der Waals surface area contributed by atoms with Gasteiger partial charge in [0.05, 0.1) is 7.11 Å². The first-order valence-corrected chi connectivity index (χ1v) is 5.78. The summed E-state index contributed by atoms with van der Waals surface area (Å²) in [7, 11) is 1.49. The lowest BCUT2D eigenvalue weighted by atomic mass is 10.2. The van der Waals surface area contributed by atoms with Crippen molar-refractivity contribution in [2.45, 2.75) is 18.9 Å². The summed E-state index contributed by atoms with van der Waals surface area (Å²) in [6.45, 7) is -0.0483. The van der Waals surface area contributed by atoms with Crippen LogP contribution in [0.15, 0.2) is 18.2 Å². The second-order valence-corrected chi connectivity index (χ2v) is 4.16. The Labute approximate surface area is 105 Å². The molecule has 1 N–H and O–H groups in total. The molecule has 1 fully saturated rings. The highest BCUT2D eigenvalue weighted by Crippen LogP contribution is 2.27. The number of amides is 1. The number of carbonyl (C=O) groups is 2. The Morgan fingerprint density at radius 3 is 2.83 bits per heavy atom. The van der Waals surface area contributed by atoms with Crippen molar-refractivity contribution in [1.82, 2.24) is 5.32 Å². The van der Waals surface area contributed by atoms with E-state index in [9.17, 15) is 9.59 Å². The fraction of sp³-hybridized carbons (Fsp3) is 0.385. The summed E-state index contributed by atoms with van der Waals surface area (Å²) < 4.78 is 10.5. The molecule has 2 rings (SSSR count). The normalized spacial score (nSPS) is 13.8. The van der Waals surface area contributed by atoms with Gasteiger partial charge in [0, 0.05) is 11.6 Å². The van der Waals surface area contributed by atoms with Gasteiger partial charge < -0.3 is 14.8 Å². The average molecular weight is 249 g/mol. The van der Waals surface area contributed by atoms with Gasteiger partial charge in [-0.1, -0.05) is 0 Å². The minimum absolute atomic E-state index is 0.0483. The third-order valence-electron chi connectivity index (χ3n) is 2.62. The zero-order valence-corrected chi connectivity index (χ0v) is 10.1. The van der Waals surface area contributed by atoms with E-state index in [1.54, 1.807) is 18.2 Å². The van der Waals surface area contributed by atoms with Gasteiger partial charge in [-0.05, 0) is 31.0 Å². The van der Waals surface area contributed by atoms with Crippen molar-refractivity contribution in [3.05, 3.63) is 23.8 Å². The zero-order chi connectivity index (χ0) is 13.0. The largest absolute Gasteiger partial charge is 0.493 e. The van der Waals surface area contributed by atoms with Crippen LogP contribution < -0.4 is 14.8 Å². The van der Waals surface area contributed by atoms with Crippen molar-refractivity contribution < 1.29 is 19.1 Å². The first-order valence-electron chi connectivity index (χ1n) is 5.78. The third kappa shape index (κ3) is 3.23. The molecule has 5 nitrogen and oxygen atoms in total. The van der Waals surface area contributed by atoms with E-state index < -0.39 is 0 Å². The molecule has 1 amide bonds. The van der Waals surface area contributed by atoms with Gasteiger partial charge in [-0.3, -0.25) is 9.59 Å². The number of rotatable bonds is 6. The van der Waals surface area contributed by atoms with Gasteiger partial charge in [0.25, 0.3) is 5.91 Å². The molecule has 1 aliphatic carbocycles. The Kier molecular flexibility index (Phi) is 3.82. The monoisotopic (exact) mass is 249 g/mol. The molecule has 0 aromatic heterocycles. The summed E-state index contributed by atoms with van der Waals surface area (Å²) in [6.07, 6.45) is 2.82. The van der Waals surface area contributed by atoms with E-state index in [0.717, 1.165) is 19.1 Å². The molecule has 0 bridgehead atoms. The fourth-order valence-corrected chi connectivity index (χ4v) is 1.52. The Morgan fingerprint density at radius 2 is 2.22 bits per heavy atom. The number of hydrogen-bond acceptors (Lipinski definition) is 4. The number of methoxy groups -OCH3 is 1. The van der Waals surface area contributed by atoms with E-state index in [4.69, 9.17) is 9.47 Å². The summed E-state index contributed by atoms with van der Waals surface area (Å²) in [6, 6.07) is 5.12. The highest BCUT2D eigenvalue weighted by molar-refractivity contribution is 5.79. The summed E-state index contributed by atoms with van der Waals surface area (Å²) in [5.41, 5.74) is 0.502. The summed E-state index contributed by atoms with van der Waals surface area (Å²) in [5, 5.41) is 2.82. The molecule has 1 aromatic rings. The van der Waals surface area contributed by atoms with Gasteiger partial charge in [-0.15, -0.1) is 0 Å². The Morgan fingerprint density at radius 1 is 1.44 bits per heavy atom. The van der Waals surface area contributed by atoms with Crippen LogP contribution >= 0.6 is 0 Å². The molecule has 0 saturated heterocycles. The number of ether oxygens (including phenoxy) is 2. The van der Waals surface area contributed by atoms with Gasteiger partial charge in [0.2, 0.25) is 0 Å². The van der Waals surface area contributed by atoms with Gasteiger partial charge in [0.15, 0.2) is 18.1 Å². The molecule has 0 aliphatic heterocycles. The van der Waals surface area contributed by atoms with Crippen molar-refractivity contribution in [2.75, 3.05) is 13.7 Å².